The molecule has 1 atom stereocenters. The third kappa shape index (κ3) is 5.82. The Morgan fingerprint density at radius 2 is 1.58 bits per heavy atom. The average Bonchev–Trinajstić information content (AvgIpc) is 2.57. The molecule has 0 heterocycles. The molecule has 4 heteroatoms. The van der Waals surface area contributed by atoms with Gasteiger partial charge in [-0.25, -0.2) is 0 Å². The highest BCUT2D eigenvalue weighted by Crippen LogP contribution is 2.28. The summed E-state index contributed by atoms with van der Waals surface area (Å²) in [6, 6.07) is 14.8. The van der Waals surface area contributed by atoms with Crippen LogP contribution in [-0.2, 0) is 5.60 Å². The molecular formula is C20H26ClNO2. The van der Waals surface area contributed by atoms with Crippen molar-refractivity contribution < 1.29 is 9.84 Å². The molecule has 1 unspecified atom stereocenters. The van der Waals surface area contributed by atoms with E-state index >= 15 is 0 Å². The Balaban J connectivity index is 1.91. The average molecular weight is 348 g/mol. The van der Waals surface area contributed by atoms with E-state index in [1.165, 1.54) is 12.8 Å². The maximum atomic E-state index is 10.7. The SMILES string of the molecule is CCCCNCCC(C)(O)c1ccc(Oc2ccc(Cl)cc2)cc1. The van der Waals surface area contributed by atoms with Gasteiger partial charge in [0.25, 0.3) is 0 Å². The lowest BCUT2D eigenvalue weighted by atomic mass is 9.92. The summed E-state index contributed by atoms with van der Waals surface area (Å²) in [7, 11) is 0. The van der Waals surface area contributed by atoms with Crippen molar-refractivity contribution in [3.05, 3.63) is 59.1 Å². The van der Waals surface area contributed by atoms with Crippen LogP contribution in [0.5, 0.6) is 11.5 Å². The van der Waals surface area contributed by atoms with E-state index in [0.29, 0.717) is 11.4 Å². The number of benzene rings is 2. The van der Waals surface area contributed by atoms with E-state index in [-0.39, 0.29) is 0 Å². The fourth-order valence-corrected chi connectivity index (χ4v) is 2.55. The van der Waals surface area contributed by atoms with Crippen molar-refractivity contribution in [3.8, 4) is 11.5 Å². The van der Waals surface area contributed by atoms with Crippen LogP contribution in [-0.4, -0.2) is 18.2 Å². The molecule has 3 nitrogen and oxygen atoms in total. The normalized spacial score (nSPS) is 13.5. The molecule has 0 radical (unpaired) electrons. The van der Waals surface area contributed by atoms with Gasteiger partial charge in [-0.05, 0) is 74.8 Å². The molecule has 2 N–H and O–H groups in total. The van der Waals surface area contributed by atoms with E-state index in [1.807, 2.05) is 43.3 Å². The molecule has 0 saturated carbocycles. The van der Waals surface area contributed by atoms with Gasteiger partial charge in [0.2, 0.25) is 0 Å². The number of hydrogen-bond donors (Lipinski definition) is 2. The van der Waals surface area contributed by atoms with Crippen LogP contribution >= 0.6 is 11.6 Å². The van der Waals surface area contributed by atoms with E-state index in [2.05, 4.69) is 12.2 Å². The summed E-state index contributed by atoms with van der Waals surface area (Å²) >= 11 is 5.87. The third-order valence-electron chi connectivity index (χ3n) is 4.02. The molecule has 2 rings (SSSR count). The van der Waals surface area contributed by atoms with Crippen LogP contribution in [0, 0.1) is 0 Å². The van der Waals surface area contributed by atoms with Gasteiger partial charge in [0, 0.05) is 5.02 Å². The van der Waals surface area contributed by atoms with Gasteiger partial charge >= 0.3 is 0 Å². The highest BCUT2D eigenvalue weighted by atomic mass is 35.5. The molecule has 0 aliphatic carbocycles. The Labute approximate surface area is 149 Å². The molecule has 0 spiro atoms. The Kier molecular flexibility index (Phi) is 7.10. The van der Waals surface area contributed by atoms with Crippen molar-refractivity contribution in [1.82, 2.24) is 5.32 Å². The number of ether oxygens (including phenoxy) is 1. The number of halogens is 1. The molecule has 0 aliphatic heterocycles. The molecule has 2 aromatic rings. The standard InChI is InChI=1S/C20H26ClNO2/c1-3-4-14-22-15-13-20(2,23)16-5-9-18(10-6-16)24-19-11-7-17(21)8-12-19/h5-12,22-23H,3-4,13-15H2,1-2H3. The summed E-state index contributed by atoms with van der Waals surface area (Å²) < 4.78 is 5.77. The summed E-state index contributed by atoms with van der Waals surface area (Å²) in [5.41, 5.74) is 0.0427. The maximum absolute atomic E-state index is 10.7. The first-order valence-electron chi connectivity index (χ1n) is 8.48. The lowest BCUT2D eigenvalue weighted by Crippen LogP contribution is -2.28. The molecule has 0 aromatic heterocycles. The first-order valence-corrected chi connectivity index (χ1v) is 8.86. The van der Waals surface area contributed by atoms with Crippen LogP contribution in [0.3, 0.4) is 0 Å². The second kappa shape index (κ2) is 9.07. The zero-order chi connectivity index (χ0) is 17.4. The first kappa shape index (κ1) is 18.8. The van der Waals surface area contributed by atoms with Crippen LogP contribution in [0.4, 0.5) is 0 Å². The fourth-order valence-electron chi connectivity index (χ4n) is 2.42. The van der Waals surface area contributed by atoms with E-state index in [9.17, 15) is 5.11 Å². The van der Waals surface area contributed by atoms with Crippen molar-refractivity contribution in [2.45, 2.75) is 38.7 Å². The van der Waals surface area contributed by atoms with E-state index in [4.69, 9.17) is 16.3 Å². The van der Waals surface area contributed by atoms with E-state index in [0.717, 1.165) is 30.2 Å². The van der Waals surface area contributed by atoms with Gasteiger partial charge in [-0.3, -0.25) is 0 Å². The molecule has 0 fully saturated rings. The largest absolute Gasteiger partial charge is 0.457 e. The predicted molar refractivity (Wildman–Crippen MR) is 99.9 cm³/mol. The van der Waals surface area contributed by atoms with Crippen LogP contribution in [0.1, 0.15) is 38.7 Å². The van der Waals surface area contributed by atoms with Gasteiger partial charge in [0.1, 0.15) is 11.5 Å². The van der Waals surface area contributed by atoms with Crippen molar-refractivity contribution in [2.24, 2.45) is 0 Å². The molecular weight excluding hydrogens is 322 g/mol. The highest BCUT2D eigenvalue weighted by Gasteiger charge is 2.22. The van der Waals surface area contributed by atoms with Crippen LogP contribution in [0.15, 0.2) is 48.5 Å². The Morgan fingerprint density at radius 1 is 1.00 bits per heavy atom. The summed E-state index contributed by atoms with van der Waals surface area (Å²) in [4.78, 5) is 0. The highest BCUT2D eigenvalue weighted by molar-refractivity contribution is 6.30. The number of aliphatic hydroxyl groups is 1. The van der Waals surface area contributed by atoms with Gasteiger partial charge < -0.3 is 15.2 Å². The summed E-state index contributed by atoms with van der Waals surface area (Å²) in [6.07, 6.45) is 3.02. The van der Waals surface area contributed by atoms with Crippen molar-refractivity contribution >= 4 is 11.6 Å². The van der Waals surface area contributed by atoms with Crippen LogP contribution in [0.25, 0.3) is 0 Å². The first-order chi connectivity index (χ1) is 11.5. The Morgan fingerprint density at radius 3 is 2.17 bits per heavy atom. The van der Waals surface area contributed by atoms with E-state index in [1.54, 1.807) is 12.1 Å². The monoisotopic (exact) mass is 347 g/mol. The number of nitrogens with one attached hydrogen (secondary N) is 1. The summed E-state index contributed by atoms with van der Waals surface area (Å²) in [5.74, 6) is 1.47. The lowest BCUT2D eigenvalue weighted by Gasteiger charge is -2.24. The van der Waals surface area contributed by atoms with Crippen molar-refractivity contribution in [2.75, 3.05) is 13.1 Å². The van der Waals surface area contributed by atoms with Crippen molar-refractivity contribution in [1.29, 1.82) is 0 Å². The van der Waals surface area contributed by atoms with Gasteiger partial charge in [-0.15, -0.1) is 0 Å². The Bertz CT molecular complexity index is 609. The fraction of sp³-hybridized carbons (Fsp3) is 0.400. The molecule has 0 saturated heterocycles. The zero-order valence-corrected chi connectivity index (χ0v) is 15.1. The van der Waals surface area contributed by atoms with Gasteiger partial charge in [-0.1, -0.05) is 37.1 Å². The Hall–Kier alpha value is -1.55. The number of unbranched alkanes of at least 4 members (excludes halogenated alkanes) is 1. The second-order valence-electron chi connectivity index (χ2n) is 6.21. The molecule has 0 amide bonds. The van der Waals surface area contributed by atoms with Gasteiger partial charge in [0.05, 0.1) is 5.60 Å². The molecule has 130 valence electrons. The second-order valence-corrected chi connectivity index (χ2v) is 6.64. The molecule has 24 heavy (non-hydrogen) atoms. The summed E-state index contributed by atoms with van der Waals surface area (Å²) in [5, 5.41) is 14.7. The predicted octanol–water partition coefficient (Wildman–Crippen LogP) is 5.12. The van der Waals surface area contributed by atoms with Gasteiger partial charge in [-0.2, -0.15) is 0 Å². The van der Waals surface area contributed by atoms with Crippen LogP contribution in [0.2, 0.25) is 5.02 Å². The topological polar surface area (TPSA) is 41.5 Å². The molecule has 0 bridgehead atoms. The third-order valence-corrected chi connectivity index (χ3v) is 4.27. The van der Waals surface area contributed by atoms with Crippen molar-refractivity contribution in [3.63, 3.8) is 0 Å². The molecule has 0 aliphatic rings. The lowest BCUT2D eigenvalue weighted by molar-refractivity contribution is 0.0480. The van der Waals surface area contributed by atoms with Gasteiger partial charge in [0.15, 0.2) is 0 Å². The molecule has 2 aromatic carbocycles. The minimum Gasteiger partial charge on any atom is -0.457 e. The maximum Gasteiger partial charge on any atom is 0.127 e. The quantitative estimate of drug-likeness (QED) is 0.618. The minimum atomic E-state index is -0.849. The van der Waals surface area contributed by atoms with Crippen LogP contribution < -0.4 is 10.1 Å². The minimum absolute atomic E-state index is 0.675. The number of rotatable bonds is 9. The number of hydrogen-bond acceptors (Lipinski definition) is 3. The smallest absolute Gasteiger partial charge is 0.127 e. The zero-order valence-electron chi connectivity index (χ0n) is 14.4. The van der Waals surface area contributed by atoms with E-state index < -0.39 is 5.60 Å². The summed E-state index contributed by atoms with van der Waals surface area (Å²) in [6.45, 7) is 5.82.